The molecule has 0 bridgehead atoms. The number of thioether (sulfide) groups is 1. The van der Waals surface area contributed by atoms with Crippen LogP contribution in [0.3, 0.4) is 0 Å². The van der Waals surface area contributed by atoms with Crippen LogP contribution in [0.2, 0.25) is 5.15 Å². The van der Waals surface area contributed by atoms with Crippen LogP contribution in [0.1, 0.15) is 31.7 Å². The minimum atomic E-state index is -0.500. The van der Waals surface area contributed by atoms with Crippen LogP contribution in [0.4, 0.5) is 4.79 Å². The molecule has 1 aliphatic heterocycles. The zero-order valence-corrected chi connectivity index (χ0v) is 16.8. The van der Waals surface area contributed by atoms with Crippen molar-refractivity contribution >= 4 is 51.0 Å². The van der Waals surface area contributed by atoms with Crippen LogP contribution in [0, 0.1) is 0 Å². The summed E-state index contributed by atoms with van der Waals surface area (Å²) < 4.78 is 7.84. The van der Waals surface area contributed by atoms with Crippen LogP contribution in [-0.2, 0) is 4.74 Å². The average molecular weight is 434 g/mol. The highest BCUT2D eigenvalue weighted by atomic mass is 79.9. The first-order valence-corrected chi connectivity index (χ1v) is 9.76. The molecule has 2 aromatic rings. The first-order chi connectivity index (χ1) is 11.2. The number of amides is 1. The average Bonchev–Trinajstić information content (AvgIpc) is 2.88. The highest BCUT2D eigenvalue weighted by molar-refractivity contribution is 9.10. The van der Waals surface area contributed by atoms with E-state index in [0.29, 0.717) is 23.9 Å². The van der Waals surface area contributed by atoms with Gasteiger partial charge in [0, 0.05) is 18.8 Å². The van der Waals surface area contributed by atoms with E-state index in [1.54, 1.807) is 27.4 Å². The molecular formula is C15H18BrClN4O2S. The fourth-order valence-corrected chi connectivity index (χ4v) is 4.17. The largest absolute Gasteiger partial charge is 0.444 e. The van der Waals surface area contributed by atoms with Gasteiger partial charge in [0.1, 0.15) is 10.8 Å². The molecule has 3 heterocycles. The van der Waals surface area contributed by atoms with Gasteiger partial charge in [0.2, 0.25) is 0 Å². The summed E-state index contributed by atoms with van der Waals surface area (Å²) in [6.07, 6.45) is 1.38. The van der Waals surface area contributed by atoms with Crippen molar-refractivity contribution in [2.45, 2.75) is 31.6 Å². The molecule has 0 aromatic carbocycles. The molecule has 1 aliphatic rings. The number of hydrogen-bond acceptors (Lipinski definition) is 5. The Morgan fingerprint density at radius 1 is 1.50 bits per heavy atom. The topological polar surface area (TPSA) is 59.7 Å². The lowest BCUT2D eigenvalue weighted by molar-refractivity contribution is 0.0256. The fourth-order valence-electron chi connectivity index (χ4n) is 2.40. The maximum Gasteiger partial charge on any atom is 0.410 e. The van der Waals surface area contributed by atoms with Crippen LogP contribution in [0.15, 0.2) is 16.7 Å². The van der Waals surface area contributed by atoms with Gasteiger partial charge in [-0.2, -0.15) is 5.10 Å². The molecule has 1 saturated heterocycles. The van der Waals surface area contributed by atoms with Crippen molar-refractivity contribution in [1.29, 1.82) is 0 Å². The number of ether oxygens (including phenoxy) is 1. The SMILES string of the molecule is CC(C)(C)OC(=O)N1CCSC(c2cc(Cl)n3ncc(Br)c3n2)C1. The molecule has 6 nitrogen and oxygen atoms in total. The zero-order chi connectivity index (χ0) is 17.5. The van der Waals surface area contributed by atoms with Crippen molar-refractivity contribution in [3.63, 3.8) is 0 Å². The molecule has 3 rings (SSSR count). The van der Waals surface area contributed by atoms with E-state index >= 15 is 0 Å². The van der Waals surface area contributed by atoms with Gasteiger partial charge in [-0.25, -0.2) is 14.3 Å². The molecule has 1 amide bonds. The van der Waals surface area contributed by atoms with E-state index in [2.05, 4.69) is 26.0 Å². The van der Waals surface area contributed by atoms with Gasteiger partial charge in [0.25, 0.3) is 0 Å². The molecule has 1 atom stereocenters. The minimum Gasteiger partial charge on any atom is -0.444 e. The minimum absolute atomic E-state index is 0.0515. The lowest BCUT2D eigenvalue weighted by Gasteiger charge is -2.33. The van der Waals surface area contributed by atoms with Crippen molar-refractivity contribution in [3.8, 4) is 0 Å². The first kappa shape index (κ1) is 17.8. The molecule has 0 aliphatic carbocycles. The maximum atomic E-state index is 12.3. The summed E-state index contributed by atoms with van der Waals surface area (Å²) >= 11 is 11.5. The summed E-state index contributed by atoms with van der Waals surface area (Å²) in [7, 11) is 0. The lowest BCUT2D eigenvalue weighted by atomic mass is 10.2. The highest BCUT2D eigenvalue weighted by Gasteiger charge is 2.30. The second-order valence-electron chi connectivity index (χ2n) is 6.52. The number of halogens is 2. The van der Waals surface area contributed by atoms with Crippen LogP contribution in [0.25, 0.3) is 5.65 Å². The number of carbonyl (C=O) groups is 1. The van der Waals surface area contributed by atoms with Gasteiger partial charge in [-0.15, -0.1) is 11.8 Å². The molecule has 0 radical (unpaired) electrons. The second kappa shape index (κ2) is 6.72. The van der Waals surface area contributed by atoms with Crippen LogP contribution in [-0.4, -0.2) is 50.0 Å². The number of fused-ring (bicyclic) bond motifs is 1. The Morgan fingerprint density at radius 3 is 2.96 bits per heavy atom. The summed E-state index contributed by atoms with van der Waals surface area (Å²) in [5, 5.41) is 4.72. The summed E-state index contributed by atoms with van der Waals surface area (Å²) in [5.41, 5.74) is 1.01. The Kier molecular flexibility index (Phi) is 4.99. The van der Waals surface area contributed by atoms with Crippen LogP contribution >= 0.6 is 39.3 Å². The van der Waals surface area contributed by atoms with Crippen molar-refractivity contribution in [1.82, 2.24) is 19.5 Å². The highest BCUT2D eigenvalue weighted by Crippen LogP contribution is 2.34. The molecule has 0 N–H and O–H groups in total. The van der Waals surface area contributed by atoms with E-state index in [9.17, 15) is 4.79 Å². The molecule has 24 heavy (non-hydrogen) atoms. The van der Waals surface area contributed by atoms with Gasteiger partial charge in [0.05, 0.1) is 21.6 Å². The Hall–Kier alpha value is -0.990. The Bertz CT molecular complexity index is 777. The third kappa shape index (κ3) is 3.81. The van der Waals surface area contributed by atoms with Crippen molar-refractivity contribution in [2.75, 3.05) is 18.8 Å². The van der Waals surface area contributed by atoms with E-state index in [1.165, 1.54) is 0 Å². The molecule has 130 valence electrons. The van der Waals surface area contributed by atoms with Gasteiger partial charge >= 0.3 is 6.09 Å². The molecule has 1 unspecified atom stereocenters. The van der Waals surface area contributed by atoms with E-state index in [1.807, 2.05) is 26.8 Å². The fraction of sp³-hybridized carbons (Fsp3) is 0.533. The maximum absolute atomic E-state index is 12.3. The van der Waals surface area contributed by atoms with Crippen molar-refractivity contribution in [3.05, 3.63) is 27.6 Å². The smallest absolute Gasteiger partial charge is 0.410 e. The second-order valence-corrected chi connectivity index (χ2v) is 9.07. The molecule has 0 spiro atoms. The lowest BCUT2D eigenvalue weighted by Crippen LogP contribution is -2.42. The summed E-state index contributed by atoms with van der Waals surface area (Å²) in [5.74, 6) is 0.828. The van der Waals surface area contributed by atoms with Gasteiger partial charge in [-0.05, 0) is 42.8 Å². The van der Waals surface area contributed by atoms with E-state index < -0.39 is 5.60 Å². The summed E-state index contributed by atoms with van der Waals surface area (Å²) in [6, 6.07) is 1.81. The standard InChI is InChI=1S/C15H18BrClN4O2S/c1-15(2,3)23-14(22)20-4-5-24-11(8-20)10-6-12(17)21-13(19-10)9(16)7-18-21/h6-7,11H,4-5,8H2,1-3H3. The number of rotatable bonds is 1. The van der Waals surface area contributed by atoms with E-state index in [4.69, 9.17) is 16.3 Å². The Balaban J connectivity index is 1.82. The Labute approximate surface area is 158 Å². The van der Waals surface area contributed by atoms with Gasteiger partial charge in [-0.3, -0.25) is 0 Å². The number of hydrogen-bond donors (Lipinski definition) is 0. The van der Waals surface area contributed by atoms with E-state index in [0.717, 1.165) is 15.9 Å². The van der Waals surface area contributed by atoms with E-state index in [-0.39, 0.29) is 11.3 Å². The number of aromatic nitrogens is 3. The number of nitrogens with zero attached hydrogens (tertiary/aromatic N) is 4. The third-order valence-electron chi connectivity index (χ3n) is 3.45. The third-order valence-corrected chi connectivity index (χ3v) is 5.49. The number of carbonyl (C=O) groups excluding carboxylic acids is 1. The van der Waals surface area contributed by atoms with Crippen LogP contribution in [0.5, 0.6) is 0 Å². The molecule has 0 saturated carbocycles. The predicted molar refractivity (Wildman–Crippen MR) is 98.7 cm³/mol. The molecule has 1 fully saturated rings. The first-order valence-electron chi connectivity index (χ1n) is 7.54. The monoisotopic (exact) mass is 432 g/mol. The van der Waals surface area contributed by atoms with Crippen molar-refractivity contribution in [2.24, 2.45) is 0 Å². The van der Waals surface area contributed by atoms with Gasteiger partial charge < -0.3 is 9.64 Å². The molecule has 2 aromatic heterocycles. The van der Waals surface area contributed by atoms with Crippen LogP contribution < -0.4 is 0 Å². The van der Waals surface area contributed by atoms with Gasteiger partial charge in [-0.1, -0.05) is 11.6 Å². The Morgan fingerprint density at radius 2 is 2.25 bits per heavy atom. The quantitative estimate of drug-likeness (QED) is 0.632. The zero-order valence-electron chi connectivity index (χ0n) is 13.6. The summed E-state index contributed by atoms with van der Waals surface area (Å²) in [4.78, 5) is 18.7. The van der Waals surface area contributed by atoms with Crippen molar-refractivity contribution < 1.29 is 9.53 Å². The molecular weight excluding hydrogens is 416 g/mol. The summed E-state index contributed by atoms with van der Waals surface area (Å²) in [6.45, 7) is 6.82. The molecule has 9 heteroatoms. The van der Waals surface area contributed by atoms with Gasteiger partial charge in [0.15, 0.2) is 5.65 Å². The normalized spacial score (nSPS) is 18.9. The predicted octanol–water partition coefficient (Wildman–Crippen LogP) is 4.17.